The first kappa shape index (κ1) is 39.5. The fourth-order valence-electron chi connectivity index (χ4n) is 4.08. The van der Waals surface area contributed by atoms with E-state index < -0.39 is 64.9 Å². The number of carbonyl (C=O) groups excluding carboxylic acids is 4. The Balaban J connectivity index is 5.68. The lowest BCUT2D eigenvalue weighted by Gasteiger charge is -2.36. The Hall–Kier alpha value is -2.48. The number of hydrogen-bond acceptors (Lipinski definition) is 8. The van der Waals surface area contributed by atoms with E-state index in [0.29, 0.717) is 6.42 Å². The first-order chi connectivity index (χ1) is 19.2. The summed E-state index contributed by atoms with van der Waals surface area (Å²) in [6, 6.07) is 0. The average molecular weight is 595 g/mol. The summed E-state index contributed by atoms with van der Waals surface area (Å²) in [4.78, 5) is 52.4. The van der Waals surface area contributed by atoms with Crippen LogP contribution < -0.4 is 0 Å². The van der Waals surface area contributed by atoms with Crippen LogP contribution in [0.25, 0.3) is 0 Å². The lowest BCUT2D eigenvalue weighted by Crippen LogP contribution is -2.55. The van der Waals surface area contributed by atoms with E-state index in [1.807, 2.05) is 0 Å². The lowest BCUT2D eigenvalue weighted by molar-refractivity contribution is -0.199. The Morgan fingerprint density at radius 2 is 1.17 bits per heavy atom. The summed E-state index contributed by atoms with van der Waals surface area (Å²) in [5.74, 6) is -5.30. The predicted molar refractivity (Wildman–Crippen MR) is 166 cm³/mol. The van der Waals surface area contributed by atoms with Gasteiger partial charge in [-0.3, -0.25) is 14.4 Å². The third-order valence-electron chi connectivity index (χ3n) is 5.95. The van der Waals surface area contributed by atoms with Gasteiger partial charge in [0.05, 0.1) is 6.42 Å². The van der Waals surface area contributed by atoms with Crippen molar-refractivity contribution in [2.45, 2.75) is 162 Å². The maximum atomic E-state index is 13.3. The minimum Gasteiger partial charge on any atom is -0.460 e. The molecule has 0 aromatic heterocycles. The number of unbranched alkanes of at least 4 members (excludes halogenated alkanes) is 7. The molecule has 8 nitrogen and oxygen atoms in total. The van der Waals surface area contributed by atoms with Gasteiger partial charge in [-0.05, 0) is 94.1 Å². The zero-order chi connectivity index (χ0) is 32.6. The Bertz CT molecular complexity index is 911. The second-order valence-corrected chi connectivity index (χ2v) is 14.0. The van der Waals surface area contributed by atoms with Crippen molar-refractivity contribution < 1.29 is 38.5 Å². The van der Waals surface area contributed by atoms with Gasteiger partial charge in [0.2, 0.25) is 0 Å². The van der Waals surface area contributed by atoms with E-state index in [1.54, 1.807) is 68.4 Å². The Kier molecular flexibility index (Phi) is 17.2. The largest absolute Gasteiger partial charge is 0.460 e. The van der Waals surface area contributed by atoms with E-state index >= 15 is 0 Å². The maximum Gasteiger partial charge on any atom is 0.340 e. The Labute approximate surface area is 254 Å². The van der Waals surface area contributed by atoms with E-state index in [2.05, 4.69) is 19.1 Å². The van der Waals surface area contributed by atoms with Crippen LogP contribution in [0.1, 0.15) is 140 Å². The average Bonchev–Trinajstić information content (AvgIpc) is 2.79. The van der Waals surface area contributed by atoms with Crippen molar-refractivity contribution >= 4 is 23.7 Å². The molecule has 0 fully saturated rings. The lowest BCUT2D eigenvalue weighted by atomic mass is 9.80. The number of rotatable bonds is 18. The minimum atomic E-state index is -2.69. The molecule has 0 aromatic carbocycles. The molecule has 0 amide bonds. The van der Waals surface area contributed by atoms with Gasteiger partial charge in [0.25, 0.3) is 0 Å². The number of esters is 3. The number of aliphatic hydroxyl groups is 1. The molecule has 2 atom stereocenters. The van der Waals surface area contributed by atoms with Crippen molar-refractivity contribution in [3.05, 3.63) is 24.3 Å². The number of ketones is 1. The summed E-state index contributed by atoms with van der Waals surface area (Å²) in [7, 11) is 0. The molecule has 242 valence electrons. The molecule has 0 heterocycles. The van der Waals surface area contributed by atoms with E-state index in [1.165, 1.54) is 44.6 Å². The van der Waals surface area contributed by atoms with E-state index in [9.17, 15) is 24.3 Å². The summed E-state index contributed by atoms with van der Waals surface area (Å²) < 4.78 is 16.2. The van der Waals surface area contributed by atoms with Gasteiger partial charge in [-0.1, -0.05) is 57.3 Å². The van der Waals surface area contributed by atoms with Crippen LogP contribution in [0.15, 0.2) is 24.3 Å². The van der Waals surface area contributed by atoms with Gasteiger partial charge in [-0.25, -0.2) is 4.79 Å². The SMILES string of the molecule is CCCCCCCC/C=C\CC/C=C/C(=O)C[C@@H](C(=O)OC(C)(C)C)[C@](O)(CC(=O)OC(C)(C)C)C(=O)OC(C)(C)C. The monoisotopic (exact) mass is 594 g/mol. The van der Waals surface area contributed by atoms with Gasteiger partial charge in [-0.15, -0.1) is 0 Å². The zero-order valence-corrected chi connectivity index (χ0v) is 28.0. The molecule has 0 radical (unpaired) electrons. The number of carbonyl (C=O) groups is 4. The van der Waals surface area contributed by atoms with Crippen molar-refractivity contribution in [2.75, 3.05) is 0 Å². The molecule has 0 saturated heterocycles. The fourth-order valence-corrected chi connectivity index (χ4v) is 4.08. The molecule has 0 aliphatic rings. The summed E-state index contributed by atoms with van der Waals surface area (Å²) in [5.41, 5.74) is -5.61. The highest BCUT2D eigenvalue weighted by atomic mass is 16.6. The summed E-state index contributed by atoms with van der Waals surface area (Å²) in [6.45, 7) is 16.8. The van der Waals surface area contributed by atoms with Gasteiger partial charge >= 0.3 is 17.9 Å². The first-order valence-corrected chi connectivity index (χ1v) is 15.4. The molecule has 0 aliphatic carbocycles. The van der Waals surface area contributed by atoms with Gasteiger partial charge < -0.3 is 19.3 Å². The summed E-state index contributed by atoms with van der Waals surface area (Å²) in [6.07, 6.45) is 15.8. The van der Waals surface area contributed by atoms with Crippen LogP contribution in [0, 0.1) is 5.92 Å². The van der Waals surface area contributed by atoms with Crippen molar-refractivity contribution in [1.82, 2.24) is 0 Å². The van der Waals surface area contributed by atoms with Crippen molar-refractivity contribution in [1.29, 1.82) is 0 Å². The Morgan fingerprint density at radius 1 is 0.667 bits per heavy atom. The molecule has 0 rings (SSSR count). The van der Waals surface area contributed by atoms with Gasteiger partial charge in [-0.2, -0.15) is 0 Å². The molecule has 0 spiro atoms. The highest BCUT2D eigenvalue weighted by Crippen LogP contribution is 2.32. The van der Waals surface area contributed by atoms with E-state index in [-0.39, 0.29) is 0 Å². The molecule has 0 unspecified atom stereocenters. The van der Waals surface area contributed by atoms with Crippen LogP contribution in [0.5, 0.6) is 0 Å². The maximum absolute atomic E-state index is 13.3. The van der Waals surface area contributed by atoms with Gasteiger partial charge in [0, 0.05) is 6.42 Å². The van der Waals surface area contributed by atoms with Crippen LogP contribution in [0.2, 0.25) is 0 Å². The topological polar surface area (TPSA) is 116 Å². The minimum absolute atomic E-state index is 0.493. The van der Waals surface area contributed by atoms with Gasteiger partial charge in [0.1, 0.15) is 22.7 Å². The molecule has 1 N–H and O–H groups in total. The standard InChI is InChI=1S/C34H58O8/c1-11-12-13-14-15-16-17-18-19-20-21-22-23-26(35)24-27(29(37)41-32(5,6)7)34(39,30(38)42-33(8,9)10)25-28(36)40-31(2,3)4/h18-19,22-23,27,39H,11-17,20-21,24-25H2,1-10H3/b19-18-,23-22+/t27-,34+/m0/s1. The van der Waals surface area contributed by atoms with Crippen molar-refractivity contribution in [3.8, 4) is 0 Å². The smallest absolute Gasteiger partial charge is 0.340 e. The molecular weight excluding hydrogens is 536 g/mol. The molecule has 0 aromatic rings. The number of hydrogen-bond donors (Lipinski definition) is 1. The first-order valence-electron chi connectivity index (χ1n) is 15.4. The van der Waals surface area contributed by atoms with Gasteiger partial charge in [0.15, 0.2) is 11.4 Å². The van der Waals surface area contributed by atoms with Crippen LogP contribution in [0.3, 0.4) is 0 Å². The highest BCUT2D eigenvalue weighted by Gasteiger charge is 2.54. The van der Waals surface area contributed by atoms with E-state index in [0.717, 1.165) is 12.8 Å². The molecule has 0 aliphatic heterocycles. The molecule has 0 bridgehead atoms. The quantitative estimate of drug-likeness (QED) is 0.0576. The van der Waals surface area contributed by atoms with Crippen molar-refractivity contribution in [2.24, 2.45) is 5.92 Å². The molecule has 42 heavy (non-hydrogen) atoms. The van der Waals surface area contributed by atoms with Crippen LogP contribution in [-0.2, 0) is 33.4 Å². The number of ether oxygens (including phenoxy) is 3. The third-order valence-corrected chi connectivity index (χ3v) is 5.95. The van der Waals surface area contributed by atoms with E-state index in [4.69, 9.17) is 14.2 Å². The second-order valence-electron chi connectivity index (χ2n) is 14.0. The highest BCUT2D eigenvalue weighted by molar-refractivity contribution is 5.97. The van der Waals surface area contributed by atoms with Crippen LogP contribution in [-0.4, -0.2) is 51.2 Å². The zero-order valence-electron chi connectivity index (χ0n) is 28.0. The Morgan fingerprint density at radius 3 is 1.71 bits per heavy atom. The predicted octanol–water partition coefficient (Wildman–Crippen LogP) is 7.35. The fraction of sp³-hybridized carbons (Fsp3) is 0.765. The van der Waals surface area contributed by atoms with Crippen LogP contribution in [0.4, 0.5) is 0 Å². The van der Waals surface area contributed by atoms with Crippen molar-refractivity contribution in [3.63, 3.8) is 0 Å². The normalized spacial score (nSPS) is 14.9. The molecular formula is C34H58O8. The molecule has 0 saturated carbocycles. The third kappa shape index (κ3) is 18.9. The van der Waals surface area contributed by atoms with Crippen LogP contribution >= 0.6 is 0 Å². The molecule has 8 heteroatoms. The second kappa shape index (κ2) is 18.2. The number of allylic oxidation sites excluding steroid dienone is 4. The summed E-state index contributed by atoms with van der Waals surface area (Å²) in [5, 5.41) is 11.7. The summed E-state index contributed by atoms with van der Waals surface area (Å²) >= 11 is 0.